The lowest BCUT2D eigenvalue weighted by Gasteiger charge is -2.20. The summed E-state index contributed by atoms with van der Waals surface area (Å²) in [6, 6.07) is 5.83. The highest BCUT2D eigenvalue weighted by molar-refractivity contribution is 5.39. The largest absolute Gasteiger partial charge is 0.302 e. The van der Waals surface area contributed by atoms with Crippen LogP contribution in [0.1, 0.15) is 30.9 Å². The van der Waals surface area contributed by atoms with Gasteiger partial charge in [0, 0.05) is 18.5 Å². The van der Waals surface area contributed by atoms with Crippen LogP contribution in [-0.4, -0.2) is 24.5 Å². The van der Waals surface area contributed by atoms with Crippen LogP contribution in [0.4, 0.5) is 4.39 Å². The highest BCUT2D eigenvalue weighted by Crippen LogP contribution is 2.59. The van der Waals surface area contributed by atoms with Crippen LogP contribution < -0.4 is 0 Å². The number of benzene rings is 1. The van der Waals surface area contributed by atoms with Crippen molar-refractivity contribution in [3.05, 3.63) is 35.1 Å². The third-order valence-electron chi connectivity index (χ3n) is 4.50. The van der Waals surface area contributed by atoms with Crippen molar-refractivity contribution in [3.63, 3.8) is 0 Å². The van der Waals surface area contributed by atoms with Gasteiger partial charge in [-0.2, -0.15) is 0 Å². The first-order valence-corrected chi connectivity index (χ1v) is 6.65. The summed E-state index contributed by atoms with van der Waals surface area (Å²) in [5.74, 6) is 0.729. The van der Waals surface area contributed by atoms with Crippen LogP contribution >= 0.6 is 0 Å². The minimum absolute atomic E-state index is 0.0449. The van der Waals surface area contributed by atoms with Gasteiger partial charge in [-0.3, -0.25) is 0 Å². The number of hydrogen-bond donors (Lipinski definition) is 0. The fraction of sp³-hybridized carbons (Fsp3) is 0.600. The van der Waals surface area contributed by atoms with Crippen LogP contribution in [0, 0.1) is 18.7 Å². The topological polar surface area (TPSA) is 3.24 Å². The summed E-state index contributed by atoms with van der Waals surface area (Å²) in [7, 11) is 0. The Bertz CT molecular complexity index is 443. The Morgan fingerprint density at radius 2 is 2.29 bits per heavy atom. The molecule has 0 aromatic heterocycles. The predicted molar refractivity (Wildman–Crippen MR) is 67.7 cm³/mol. The molecule has 0 amide bonds. The minimum Gasteiger partial charge on any atom is -0.302 e. The molecule has 1 aliphatic carbocycles. The fourth-order valence-corrected chi connectivity index (χ4v) is 3.42. The molecule has 0 N–H and O–H groups in total. The number of fused-ring (bicyclic) bond motifs is 1. The SMILES string of the molecule is CCCN1CC2CC2(c2ccc(C)c(F)c2)C1. The molecule has 92 valence electrons. The molecule has 1 nitrogen and oxygen atoms in total. The number of aryl methyl sites for hydroxylation is 1. The zero-order valence-corrected chi connectivity index (χ0v) is 10.7. The van der Waals surface area contributed by atoms with Gasteiger partial charge in [-0.15, -0.1) is 0 Å². The van der Waals surface area contributed by atoms with E-state index in [0.29, 0.717) is 5.41 Å². The van der Waals surface area contributed by atoms with E-state index in [0.717, 1.165) is 18.0 Å². The maximum Gasteiger partial charge on any atom is 0.126 e. The van der Waals surface area contributed by atoms with E-state index in [1.807, 2.05) is 13.0 Å². The molecule has 17 heavy (non-hydrogen) atoms. The summed E-state index contributed by atoms with van der Waals surface area (Å²) in [5.41, 5.74) is 2.28. The first-order valence-electron chi connectivity index (χ1n) is 6.65. The zero-order valence-electron chi connectivity index (χ0n) is 10.7. The van der Waals surface area contributed by atoms with Gasteiger partial charge in [0.05, 0.1) is 0 Å². The molecule has 2 unspecified atom stereocenters. The fourth-order valence-electron chi connectivity index (χ4n) is 3.42. The molecule has 2 fully saturated rings. The second-order valence-electron chi connectivity index (χ2n) is 5.76. The first-order chi connectivity index (χ1) is 8.15. The molecule has 1 heterocycles. The average molecular weight is 233 g/mol. The van der Waals surface area contributed by atoms with E-state index in [2.05, 4.69) is 17.9 Å². The Kier molecular flexibility index (Phi) is 2.51. The summed E-state index contributed by atoms with van der Waals surface area (Å²) in [6.07, 6.45) is 2.47. The maximum absolute atomic E-state index is 13.7. The summed E-state index contributed by atoms with van der Waals surface area (Å²) in [5, 5.41) is 0. The molecule has 1 saturated carbocycles. The quantitative estimate of drug-likeness (QED) is 0.775. The monoisotopic (exact) mass is 233 g/mol. The Hall–Kier alpha value is -0.890. The van der Waals surface area contributed by atoms with Crippen molar-refractivity contribution in [3.8, 4) is 0 Å². The minimum atomic E-state index is -0.0449. The summed E-state index contributed by atoms with van der Waals surface area (Å²) < 4.78 is 13.7. The molecule has 2 atom stereocenters. The van der Waals surface area contributed by atoms with E-state index in [1.54, 1.807) is 6.07 Å². The van der Waals surface area contributed by atoms with Crippen molar-refractivity contribution in [2.45, 2.75) is 32.1 Å². The van der Waals surface area contributed by atoms with Gasteiger partial charge in [-0.1, -0.05) is 19.1 Å². The molecule has 3 rings (SSSR count). The second kappa shape index (κ2) is 3.81. The van der Waals surface area contributed by atoms with Gasteiger partial charge in [-0.25, -0.2) is 4.39 Å². The summed E-state index contributed by atoms with van der Waals surface area (Å²) in [6.45, 7) is 7.59. The van der Waals surface area contributed by atoms with Crippen LogP contribution in [0.3, 0.4) is 0 Å². The van der Waals surface area contributed by atoms with Crippen LogP contribution in [-0.2, 0) is 5.41 Å². The zero-order chi connectivity index (χ0) is 12.0. The third kappa shape index (κ3) is 1.70. The number of halogens is 1. The van der Waals surface area contributed by atoms with E-state index in [9.17, 15) is 4.39 Å². The van der Waals surface area contributed by atoms with Crippen molar-refractivity contribution in [2.24, 2.45) is 5.92 Å². The highest BCUT2D eigenvalue weighted by Gasteiger charge is 2.60. The van der Waals surface area contributed by atoms with Crippen LogP contribution in [0.5, 0.6) is 0 Å². The normalized spacial score (nSPS) is 31.6. The smallest absolute Gasteiger partial charge is 0.126 e. The van der Waals surface area contributed by atoms with Gasteiger partial charge in [0.15, 0.2) is 0 Å². The van der Waals surface area contributed by atoms with Crippen molar-refractivity contribution in [1.29, 1.82) is 0 Å². The van der Waals surface area contributed by atoms with Gasteiger partial charge in [0.25, 0.3) is 0 Å². The molecule has 1 aromatic rings. The molecule has 0 spiro atoms. The number of rotatable bonds is 3. The van der Waals surface area contributed by atoms with Crippen LogP contribution in [0.2, 0.25) is 0 Å². The summed E-state index contributed by atoms with van der Waals surface area (Å²) in [4.78, 5) is 2.53. The van der Waals surface area contributed by atoms with E-state index in [4.69, 9.17) is 0 Å². The molecule has 1 aliphatic heterocycles. The molecule has 2 aliphatic rings. The van der Waals surface area contributed by atoms with Crippen LogP contribution in [0.25, 0.3) is 0 Å². The Labute approximate surface area is 103 Å². The van der Waals surface area contributed by atoms with Crippen molar-refractivity contribution in [2.75, 3.05) is 19.6 Å². The van der Waals surface area contributed by atoms with Gasteiger partial charge >= 0.3 is 0 Å². The van der Waals surface area contributed by atoms with E-state index >= 15 is 0 Å². The first kappa shape index (κ1) is 11.2. The average Bonchev–Trinajstić information content (AvgIpc) is 2.87. The lowest BCUT2D eigenvalue weighted by molar-refractivity contribution is 0.298. The van der Waals surface area contributed by atoms with Gasteiger partial charge in [-0.05, 0) is 49.4 Å². The lowest BCUT2D eigenvalue weighted by Crippen LogP contribution is -2.27. The maximum atomic E-state index is 13.7. The van der Waals surface area contributed by atoms with E-state index < -0.39 is 0 Å². The molecule has 2 heteroatoms. The molecular weight excluding hydrogens is 213 g/mol. The molecule has 0 bridgehead atoms. The number of piperidine rings is 1. The van der Waals surface area contributed by atoms with Gasteiger partial charge < -0.3 is 4.90 Å². The van der Waals surface area contributed by atoms with Gasteiger partial charge in [0.1, 0.15) is 5.82 Å². The second-order valence-corrected chi connectivity index (χ2v) is 5.76. The molecule has 1 saturated heterocycles. The standard InChI is InChI=1S/C15H20FN/c1-3-6-17-9-13-8-15(13,10-17)12-5-4-11(2)14(16)7-12/h4-5,7,13H,3,6,8-10H2,1-2H3. The van der Waals surface area contributed by atoms with Crippen molar-refractivity contribution in [1.82, 2.24) is 4.90 Å². The number of likely N-dealkylation sites (tertiary alicyclic amines) is 1. The molecule has 1 aromatic carbocycles. The highest BCUT2D eigenvalue weighted by atomic mass is 19.1. The number of hydrogen-bond acceptors (Lipinski definition) is 1. The van der Waals surface area contributed by atoms with Crippen molar-refractivity contribution < 1.29 is 4.39 Å². The molecular formula is C15H20FN. The summed E-state index contributed by atoms with van der Waals surface area (Å²) >= 11 is 0. The Morgan fingerprint density at radius 3 is 3.00 bits per heavy atom. The van der Waals surface area contributed by atoms with E-state index in [1.165, 1.54) is 31.5 Å². The van der Waals surface area contributed by atoms with Crippen LogP contribution in [0.15, 0.2) is 18.2 Å². The Morgan fingerprint density at radius 1 is 1.47 bits per heavy atom. The predicted octanol–water partition coefficient (Wildman–Crippen LogP) is 3.12. The van der Waals surface area contributed by atoms with E-state index in [-0.39, 0.29) is 5.82 Å². The molecule has 0 radical (unpaired) electrons. The van der Waals surface area contributed by atoms with Crippen molar-refractivity contribution >= 4 is 0 Å². The number of nitrogens with zero attached hydrogens (tertiary/aromatic N) is 1. The van der Waals surface area contributed by atoms with Gasteiger partial charge in [0.2, 0.25) is 0 Å². The third-order valence-corrected chi connectivity index (χ3v) is 4.50. The lowest BCUT2D eigenvalue weighted by atomic mass is 9.94. The Balaban J connectivity index is 1.83.